The van der Waals surface area contributed by atoms with Crippen LogP contribution in [0.15, 0.2) is 70.4 Å². The van der Waals surface area contributed by atoms with Crippen LogP contribution in [0.25, 0.3) is 5.69 Å². The molecule has 0 aliphatic carbocycles. The summed E-state index contributed by atoms with van der Waals surface area (Å²) in [4.78, 5) is 26.9. The summed E-state index contributed by atoms with van der Waals surface area (Å²) in [5.41, 5.74) is 2.12. The molecular weight excluding hydrogens is 694 g/mol. The molecular formula is C36H42Cl4N4O2S. The van der Waals surface area contributed by atoms with Crippen molar-refractivity contribution in [3.8, 4) is 5.69 Å². The summed E-state index contributed by atoms with van der Waals surface area (Å²) < 4.78 is 1.30. The Morgan fingerprint density at radius 1 is 0.787 bits per heavy atom. The number of rotatable bonds is 19. The molecule has 0 fully saturated rings. The highest BCUT2D eigenvalue weighted by Gasteiger charge is 2.21. The number of aromatic nitrogens is 2. The second kappa shape index (κ2) is 19.4. The first-order valence-corrected chi connectivity index (χ1v) is 18.8. The molecule has 0 radical (unpaired) electrons. The number of amides is 1. The van der Waals surface area contributed by atoms with Crippen LogP contribution in [0.1, 0.15) is 89.5 Å². The highest BCUT2D eigenvalue weighted by atomic mass is 35.5. The number of hydrogen-bond acceptors (Lipinski definition) is 4. The molecule has 1 amide bonds. The van der Waals surface area contributed by atoms with E-state index in [0.29, 0.717) is 44.3 Å². The van der Waals surface area contributed by atoms with E-state index in [4.69, 9.17) is 46.4 Å². The van der Waals surface area contributed by atoms with Gasteiger partial charge in [0.05, 0.1) is 20.8 Å². The van der Waals surface area contributed by atoms with Crippen molar-refractivity contribution in [1.82, 2.24) is 9.78 Å². The molecule has 3 N–H and O–H groups in total. The maximum atomic E-state index is 13.8. The Labute approximate surface area is 301 Å². The van der Waals surface area contributed by atoms with Gasteiger partial charge in [-0.2, -0.15) is 0 Å². The average molecular weight is 737 g/mol. The monoisotopic (exact) mass is 734 g/mol. The lowest BCUT2D eigenvalue weighted by atomic mass is 10.1. The third-order valence-electron chi connectivity index (χ3n) is 7.80. The molecule has 1 aromatic heterocycles. The van der Waals surface area contributed by atoms with Crippen LogP contribution in [0, 0.1) is 0 Å². The van der Waals surface area contributed by atoms with Crippen LogP contribution < -0.4 is 16.2 Å². The Morgan fingerprint density at radius 3 is 2.04 bits per heavy atom. The predicted octanol–water partition coefficient (Wildman–Crippen LogP) is 12.5. The Morgan fingerprint density at radius 2 is 1.40 bits per heavy atom. The Bertz CT molecular complexity index is 1640. The van der Waals surface area contributed by atoms with Gasteiger partial charge in [-0.1, -0.05) is 148 Å². The molecule has 4 aromatic rings. The Kier molecular flexibility index (Phi) is 15.4. The molecule has 0 saturated carbocycles. The van der Waals surface area contributed by atoms with Gasteiger partial charge in [0.1, 0.15) is 16.4 Å². The van der Waals surface area contributed by atoms with Crippen molar-refractivity contribution in [2.45, 2.75) is 94.6 Å². The smallest absolute Gasteiger partial charge is 0.287 e. The molecule has 1 heterocycles. The van der Waals surface area contributed by atoms with Gasteiger partial charge in [0.2, 0.25) is 5.91 Å². The lowest BCUT2D eigenvalue weighted by Gasteiger charge is -2.12. The van der Waals surface area contributed by atoms with E-state index < -0.39 is 0 Å². The number of halogens is 4. The summed E-state index contributed by atoms with van der Waals surface area (Å²) in [5, 5.41) is 10.6. The zero-order valence-electron chi connectivity index (χ0n) is 26.6. The quantitative estimate of drug-likeness (QED) is 0.0661. The van der Waals surface area contributed by atoms with Gasteiger partial charge in [0.15, 0.2) is 0 Å². The van der Waals surface area contributed by atoms with Crippen LogP contribution in [-0.2, 0) is 10.5 Å². The van der Waals surface area contributed by atoms with Crippen molar-refractivity contribution in [3.05, 3.63) is 96.7 Å². The minimum absolute atomic E-state index is 0.0418. The van der Waals surface area contributed by atoms with Crippen molar-refractivity contribution in [2.75, 3.05) is 10.6 Å². The third kappa shape index (κ3) is 11.5. The zero-order valence-corrected chi connectivity index (χ0v) is 30.5. The van der Waals surface area contributed by atoms with Crippen LogP contribution in [0.2, 0.25) is 20.1 Å². The van der Waals surface area contributed by atoms with Gasteiger partial charge in [0, 0.05) is 22.9 Å². The molecule has 0 aliphatic rings. The van der Waals surface area contributed by atoms with Crippen LogP contribution in [0.5, 0.6) is 0 Å². The fourth-order valence-electron chi connectivity index (χ4n) is 5.28. The van der Waals surface area contributed by atoms with E-state index in [0.717, 1.165) is 24.8 Å². The zero-order chi connectivity index (χ0) is 33.6. The van der Waals surface area contributed by atoms with Gasteiger partial charge in [-0.05, 0) is 42.3 Å². The van der Waals surface area contributed by atoms with Crippen molar-refractivity contribution < 1.29 is 4.79 Å². The van der Waals surface area contributed by atoms with Crippen molar-refractivity contribution in [2.24, 2.45) is 0 Å². The van der Waals surface area contributed by atoms with E-state index in [1.165, 1.54) is 79.9 Å². The van der Waals surface area contributed by atoms with E-state index in [1.54, 1.807) is 18.2 Å². The highest BCUT2D eigenvalue weighted by molar-refractivity contribution is 7.98. The van der Waals surface area contributed by atoms with Crippen LogP contribution in [0.4, 0.5) is 17.2 Å². The molecule has 0 unspecified atom stereocenters. The number of nitrogens with one attached hydrogen (secondary N) is 3. The molecule has 11 heteroatoms. The minimum atomic E-state index is -0.341. The number of anilines is 3. The van der Waals surface area contributed by atoms with Gasteiger partial charge in [-0.3, -0.25) is 14.7 Å². The molecule has 47 heavy (non-hydrogen) atoms. The first kappa shape index (κ1) is 37.3. The number of aromatic amines is 1. The summed E-state index contributed by atoms with van der Waals surface area (Å²) in [7, 11) is 0. The largest absolute Gasteiger partial charge is 0.338 e. The fraction of sp³-hybridized carbons (Fsp3) is 0.389. The first-order chi connectivity index (χ1) is 22.8. The topological polar surface area (TPSA) is 78.9 Å². The van der Waals surface area contributed by atoms with Gasteiger partial charge >= 0.3 is 0 Å². The van der Waals surface area contributed by atoms with Crippen molar-refractivity contribution in [1.29, 1.82) is 0 Å². The molecule has 252 valence electrons. The van der Waals surface area contributed by atoms with E-state index in [1.807, 2.05) is 30.3 Å². The summed E-state index contributed by atoms with van der Waals surface area (Å²) >= 11 is 27.1. The Hall–Kier alpha value is -2.55. The minimum Gasteiger partial charge on any atom is -0.338 e. The van der Waals surface area contributed by atoms with Gasteiger partial charge in [0.25, 0.3) is 5.56 Å². The van der Waals surface area contributed by atoms with E-state index in [9.17, 15) is 9.59 Å². The number of unbranched alkanes of at least 4 members (excludes halogenated alkanes) is 10. The molecule has 3 aromatic carbocycles. The van der Waals surface area contributed by atoms with E-state index >= 15 is 0 Å². The van der Waals surface area contributed by atoms with Crippen LogP contribution >= 0.6 is 58.2 Å². The predicted molar refractivity (Wildman–Crippen MR) is 202 cm³/mol. The van der Waals surface area contributed by atoms with Crippen molar-refractivity contribution >= 4 is 81.3 Å². The van der Waals surface area contributed by atoms with Gasteiger partial charge in [-0.15, -0.1) is 11.8 Å². The molecule has 4 rings (SSSR count). The lowest BCUT2D eigenvalue weighted by Crippen LogP contribution is -2.16. The second-order valence-electron chi connectivity index (χ2n) is 11.6. The normalized spacial score (nSPS) is 11.2. The number of carbonyl (C=O) groups is 1. The van der Waals surface area contributed by atoms with Crippen LogP contribution in [0.3, 0.4) is 0 Å². The molecule has 0 spiro atoms. The number of H-pyrrole nitrogens is 1. The summed E-state index contributed by atoms with van der Waals surface area (Å²) in [6.45, 7) is 2.25. The molecule has 0 saturated heterocycles. The highest BCUT2D eigenvalue weighted by Crippen LogP contribution is 2.36. The van der Waals surface area contributed by atoms with E-state index in [2.05, 4.69) is 22.7 Å². The third-order valence-corrected chi connectivity index (χ3v) is 10.1. The standard InChI is InChI=1S/C36H42Cl4N4O2S/c1-2-3-4-5-6-7-8-9-10-11-15-18-32(45)41-27-19-20-28(38)31(23-27)42-35-34(47-24-25-16-13-12-14-17-25)36(46)44(43-35)33-29(39)21-26(37)22-30(33)40/h12-14,16-17,19-23,42-43H,2-11,15,18,24H2,1H3,(H,41,45). The average Bonchev–Trinajstić information content (AvgIpc) is 3.34. The van der Waals surface area contributed by atoms with Gasteiger partial charge in [-0.25, -0.2) is 4.68 Å². The maximum Gasteiger partial charge on any atom is 0.287 e. The summed E-state index contributed by atoms with van der Waals surface area (Å²) in [6, 6.07) is 18.1. The molecule has 6 nitrogen and oxygen atoms in total. The molecule has 0 bridgehead atoms. The van der Waals surface area contributed by atoms with Gasteiger partial charge < -0.3 is 10.6 Å². The number of thioether (sulfide) groups is 1. The number of hydrogen-bond donors (Lipinski definition) is 3. The first-order valence-electron chi connectivity index (χ1n) is 16.3. The summed E-state index contributed by atoms with van der Waals surface area (Å²) in [6.07, 6.45) is 14.0. The SMILES string of the molecule is CCCCCCCCCCCCCC(=O)Nc1ccc(Cl)c(Nc2[nH]n(-c3c(Cl)cc(Cl)cc3Cl)c(=O)c2SCc2ccccc2)c1. The molecule has 0 atom stereocenters. The number of nitrogens with zero attached hydrogens (tertiary/aromatic N) is 1. The van der Waals surface area contributed by atoms with Crippen LogP contribution in [-0.4, -0.2) is 15.7 Å². The summed E-state index contributed by atoms with van der Waals surface area (Å²) in [5.74, 6) is 0.914. The lowest BCUT2D eigenvalue weighted by molar-refractivity contribution is -0.116. The second-order valence-corrected chi connectivity index (χ2v) is 14.2. The van der Waals surface area contributed by atoms with Crippen molar-refractivity contribution in [3.63, 3.8) is 0 Å². The maximum absolute atomic E-state index is 13.8. The molecule has 0 aliphatic heterocycles. The number of benzene rings is 3. The Balaban J connectivity index is 1.41. The fourth-order valence-corrected chi connectivity index (χ4v) is 7.39. The van der Waals surface area contributed by atoms with E-state index in [-0.39, 0.29) is 27.2 Å². The number of carbonyl (C=O) groups excluding carboxylic acids is 1.